The molecule has 1 aromatic carbocycles. The molecule has 0 saturated carbocycles. The maximum Gasteiger partial charge on any atom is 0.249 e. The molecule has 2 aromatic rings. The van der Waals surface area contributed by atoms with Gasteiger partial charge in [0.15, 0.2) is 0 Å². The van der Waals surface area contributed by atoms with Gasteiger partial charge in [0, 0.05) is 36.6 Å². The van der Waals surface area contributed by atoms with Gasteiger partial charge in [0.25, 0.3) is 0 Å². The Labute approximate surface area is 125 Å². The van der Waals surface area contributed by atoms with Gasteiger partial charge >= 0.3 is 0 Å². The topological polar surface area (TPSA) is 72.9 Å². The van der Waals surface area contributed by atoms with Gasteiger partial charge in [-0.2, -0.15) is 5.10 Å². The maximum atomic E-state index is 11.4. The molecule has 5 nitrogen and oxygen atoms in total. The SMILES string of the molecule is Cc1c(NCc2cn(C)nc2C(C)C)cccc1C(N)=O. The fourth-order valence-corrected chi connectivity index (χ4v) is 2.46. The van der Waals surface area contributed by atoms with Crippen molar-refractivity contribution in [1.29, 1.82) is 0 Å². The van der Waals surface area contributed by atoms with Gasteiger partial charge in [-0.05, 0) is 30.5 Å². The van der Waals surface area contributed by atoms with E-state index < -0.39 is 5.91 Å². The molecule has 5 heteroatoms. The van der Waals surface area contributed by atoms with E-state index in [2.05, 4.69) is 24.3 Å². The van der Waals surface area contributed by atoms with Gasteiger partial charge in [-0.3, -0.25) is 9.48 Å². The summed E-state index contributed by atoms with van der Waals surface area (Å²) in [6, 6.07) is 5.53. The van der Waals surface area contributed by atoms with E-state index in [1.54, 1.807) is 6.07 Å². The summed E-state index contributed by atoms with van der Waals surface area (Å²) in [6.45, 7) is 6.83. The molecule has 0 bridgehead atoms. The van der Waals surface area contributed by atoms with Gasteiger partial charge in [0.05, 0.1) is 5.69 Å². The van der Waals surface area contributed by atoms with Crippen LogP contribution in [0.4, 0.5) is 5.69 Å². The van der Waals surface area contributed by atoms with E-state index >= 15 is 0 Å². The molecule has 3 N–H and O–H groups in total. The number of nitrogens with two attached hydrogens (primary N) is 1. The summed E-state index contributed by atoms with van der Waals surface area (Å²) in [7, 11) is 1.92. The Morgan fingerprint density at radius 2 is 2.14 bits per heavy atom. The van der Waals surface area contributed by atoms with Crippen molar-refractivity contribution in [2.45, 2.75) is 33.2 Å². The van der Waals surface area contributed by atoms with Gasteiger partial charge in [-0.1, -0.05) is 19.9 Å². The van der Waals surface area contributed by atoms with Crippen LogP contribution in [0.1, 0.15) is 46.9 Å². The highest BCUT2D eigenvalue weighted by molar-refractivity contribution is 5.95. The van der Waals surface area contributed by atoms with Crippen LogP contribution in [-0.4, -0.2) is 15.7 Å². The summed E-state index contributed by atoms with van der Waals surface area (Å²) < 4.78 is 1.83. The second-order valence-corrected chi connectivity index (χ2v) is 5.56. The molecule has 0 aliphatic rings. The number of carbonyl (C=O) groups is 1. The number of aromatic nitrogens is 2. The molecule has 1 amide bonds. The van der Waals surface area contributed by atoms with Gasteiger partial charge in [0.2, 0.25) is 5.91 Å². The lowest BCUT2D eigenvalue weighted by Gasteiger charge is -2.12. The summed E-state index contributed by atoms with van der Waals surface area (Å²) in [5.74, 6) is -0.0264. The third kappa shape index (κ3) is 3.24. The number of nitrogens with one attached hydrogen (secondary N) is 1. The fraction of sp³-hybridized carbons (Fsp3) is 0.375. The summed E-state index contributed by atoms with van der Waals surface area (Å²) >= 11 is 0. The Hall–Kier alpha value is -2.30. The Bertz CT molecular complexity index is 658. The minimum Gasteiger partial charge on any atom is -0.381 e. The quantitative estimate of drug-likeness (QED) is 0.887. The summed E-state index contributed by atoms with van der Waals surface area (Å²) in [4.78, 5) is 11.4. The van der Waals surface area contributed by atoms with E-state index in [1.165, 1.54) is 0 Å². The highest BCUT2D eigenvalue weighted by Crippen LogP contribution is 2.22. The Morgan fingerprint density at radius 3 is 2.76 bits per heavy atom. The van der Waals surface area contributed by atoms with Crippen LogP contribution in [0.15, 0.2) is 24.4 Å². The monoisotopic (exact) mass is 286 g/mol. The zero-order chi connectivity index (χ0) is 15.6. The molecule has 0 unspecified atom stereocenters. The maximum absolute atomic E-state index is 11.4. The van der Waals surface area contributed by atoms with Crippen molar-refractivity contribution in [2.75, 3.05) is 5.32 Å². The van der Waals surface area contributed by atoms with E-state index in [0.29, 0.717) is 18.0 Å². The Morgan fingerprint density at radius 1 is 1.43 bits per heavy atom. The van der Waals surface area contributed by atoms with E-state index in [-0.39, 0.29) is 0 Å². The van der Waals surface area contributed by atoms with Gasteiger partial charge in [-0.25, -0.2) is 0 Å². The van der Waals surface area contributed by atoms with Crippen LogP contribution >= 0.6 is 0 Å². The van der Waals surface area contributed by atoms with Crippen LogP contribution in [-0.2, 0) is 13.6 Å². The van der Waals surface area contributed by atoms with Crippen LogP contribution in [0.25, 0.3) is 0 Å². The zero-order valence-electron chi connectivity index (χ0n) is 13.0. The summed E-state index contributed by atoms with van der Waals surface area (Å²) in [5, 5.41) is 7.87. The minimum absolute atomic E-state index is 0.376. The first-order valence-corrected chi connectivity index (χ1v) is 7.05. The van der Waals surface area contributed by atoms with Crippen molar-refractivity contribution >= 4 is 11.6 Å². The number of aryl methyl sites for hydroxylation is 1. The lowest BCUT2D eigenvalue weighted by Crippen LogP contribution is -2.14. The summed E-state index contributed by atoms with van der Waals surface area (Å²) in [6.07, 6.45) is 2.02. The van der Waals surface area contributed by atoms with Crippen molar-refractivity contribution in [3.63, 3.8) is 0 Å². The molecule has 2 rings (SSSR count). The Kier molecular flexibility index (Phi) is 4.31. The number of primary amides is 1. The van der Waals surface area contributed by atoms with Crippen molar-refractivity contribution < 1.29 is 4.79 Å². The lowest BCUT2D eigenvalue weighted by atomic mass is 10.0. The predicted octanol–water partition coefficient (Wildman–Crippen LogP) is 2.56. The number of hydrogen-bond acceptors (Lipinski definition) is 3. The number of carbonyl (C=O) groups excluding carboxylic acids is 1. The van der Waals surface area contributed by atoms with E-state index in [0.717, 1.165) is 22.5 Å². The first kappa shape index (κ1) is 15.1. The molecule has 21 heavy (non-hydrogen) atoms. The smallest absolute Gasteiger partial charge is 0.249 e. The Balaban J connectivity index is 2.21. The van der Waals surface area contributed by atoms with E-state index in [9.17, 15) is 4.79 Å². The lowest BCUT2D eigenvalue weighted by molar-refractivity contribution is 0.1000. The van der Waals surface area contributed by atoms with Gasteiger partial charge < -0.3 is 11.1 Å². The van der Waals surface area contributed by atoms with Crippen LogP contribution < -0.4 is 11.1 Å². The van der Waals surface area contributed by atoms with Crippen LogP contribution in [0, 0.1) is 6.92 Å². The molecule has 0 saturated heterocycles. The molecule has 0 spiro atoms. The molecular weight excluding hydrogens is 264 g/mol. The normalized spacial score (nSPS) is 10.9. The highest BCUT2D eigenvalue weighted by atomic mass is 16.1. The van der Waals surface area contributed by atoms with E-state index in [1.807, 2.05) is 37.0 Å². The predicted molar refractivity (Wildman–Crippen MR) is 84.3 cm³/mol. The zero-order valence-corrected chi connectivity index (χ0v) is 13.0. The third-order valence-electron chi connectivity index (χ3n) is 3.55. The highest BCUT2D eigenvalue weighted by Gasteiger charge is 2.12. The number of benzene rings is 1. The van der Waals surface area contributed by atoms with Crippen molar-refractivity contribution in [3.05, 3.63) is 46.8 Å². The number of rotatable bonds is 5. The van der Waals surface area contributed by atoms with Crippen molar-refractivity contribution in [1.82, 2.24) is 9.78 Å². The minimum atomic E-state index is -0.402. The van der Waals surface area contributed by atoms with Crippen molar-refractivity contribution in [3.8, 4) is 0 Å². The van der Waals surface area contributed by atoms with Crippen LogP contribution in [0.2, 0.25) is 0 Å². The fourth-order valence-electron chi connectivity index (χ4n) is 2.46. The first-order valence-electron chi connectivity index (χ1n) is 7.05. The molecule has 112 valence electrons. The molecule has 0 fully saturated rings. The second-order valence-electron chi connectivity index (χ2n) is 5.56. The average molecular weight is 286 g/mol. The molecule has 0 radical (unpaired) electrons. The molecule has 1 heterocycles. The summed E-state index contributed by atoms with van der Waals surface area (Å²) in [5.41, 5.74) is 9.98. The molecular formula is C16H22N4O. The van der Waals surface area contributed by atoms with Crippen molar-refractivity contribution in [2.24, 2.45) is 12.8 Å². The first-order chi connectivity index (χ1) is 9.90. The molecule has 0 aliphatic heterocycles. The van der Waals surface area contributed by atoms with E-state index in [4.69, 9.17) is 5.73 Å². The standard InChI is InChI=1S/C16H22N4O/c1-10(2)15-12(9-20(4)19-15)8-18-14-7-5-6-13(11(14)3)16(17)21/h5-7,9-10,18H,8H2,1-4H3,(H2,17,21). The average Bonchev–Trinajstić information content (AvgIpc) is 2.78. The number of hydrogen-bond donors (Lipinski definition) is 2. The largest absolute Gasteiger partial charge is 0.381 e. The molecule has 0 atom stereocenters. The number of anilines is 1. The van der Waals surface area contributed by atoms with Crippen LogP contribution in [0.3, 0.4) is 0 Å². The molecule has 1 aromatic heterocycles. The van der Waals surface area contributed by atoms with Gasteiger partial charge in [0.1, 0.15) is 0 Å². The number of nitrogens with zero attached hydrogens (tertiary/aromatic N) is 2. The second kappa shape index (κ2) is 5.99. The van der Waals surface area contributed by atoms with Gasteiger partial charge in [-0.15, -0.1) is 0 Å². The third-order valence-corrected chi connectivity index (χ3v) is 3.55. The molecule has 0 aliphatic carbocycles. The number of amides is 1. The van der Waals surface area contributed by atoms with Crippen LogP contribution in [0.5, 0.6) is 0 Å².